The molecule has 16 heteroatoms. The van der Waals surface area contributed by atoms with Crippen LogP contribution < -0.4 is 22.1 Å². The number of rotatable bonds is 16. The van der Waals surface area contributed by atoms with E-state index in [2.05, 4.69) is 31.4 Å². The van der Waals surface area contributed by atoms with Crippen molar-refractivity contribution < 1.29 is 49.2 Å². The standard InChI is InChI=1S/C20H30N2O5.C14H25N3O4S.H2O/c1-20(2,3)10-11-21-15(13-17(23)24)18(25)22-16(19(26)27-4)12-14-8-6-5-7-9-14;1-7(10(16)20)17(11(21)8(15)6-9(18)19)12-13(2,3)22-14(12,4)5;/h5-9,15-16,21H,10-13H2,1-4H3,(H,22,25)(H,23,24);7-8,12H,6,15H2,1-5H3,(H2,16,20)(H,18,19);1H2/t15-,16-;7-,8+;/m01./s1. The number of primary amides is 1. The Bertz CT molecular complexity index is 1300. The molecule has 1 aromatic rings. The van der Waals surface area contributed by atoms with Crippen molar-refractivity contribution in [1.29, 1.82) is 0 Å². The van der Waals surface area contributed by atoms with Gasteiger partial charge in [0.2, 0.25) is 17.7 Å². The molecule has 0 bridgehead atoms. The van der Waals surface area contributed by atoms with Gasteiger partial charge in [0.05, 0.1) is 38.1 Å². The number of benzene rings is 1. The molecule has 1 saturated heterocycles. The van der Waals surface area contributed by atoms with Gasteiger partial charge in [0.25, 0.3) is 0 Å². The molecule has 4 atom stereocenters. The van der Waals surface area contributed by atoms with Gasteiger partial charge < -0.3 is 47.4 Å². The molecular formula is C34H57N5O10S. The summed E-state index contributed by atoms with van der Waals surface area (Å²) in [4.78, 5) is 72.3. The Kier molecular flexibility index (Phi) is 18.1. The Labute approximate surface area is 298 Å². The molecule has 0 unspecified atom stereocenters. The van der Waals surface area contributed by atoms with Crippen molar-refractivity contribution in [2.24, 2.45) is 16.9 Å². The molecule has 1 fully saturated rings. The summed E-state index contributed by atoms with van der Waals surface area (Å²) in [6, 6.07) is 5.11. The maximum Gasteiger partial charge on any atom is 0.328 e. The van der Waals surface area contributed by atoms with Crippen molar-refractivity contribution in [2.75, 3.05) is 13.7 Å². The van der Waals surface area contributed by atoms with Gasteiger partial charge in [-0.3, -0.25) is 24.0 Å². The number of carbonyl (C=O) groups is 6. The molecule has 1 aliphatic heterocycles. The minimum absolute atomic E-state index is 0. The Morgan fingerprint density at radius 3 is 1.90 bits per heavy atom. The fourth-order valence-electron chi connectivity index (χ4n) is 5.90. The first-order valence-corrected chi connectivity index (χ1v) is 16.9. The summed E-state index contributed by atoms with van der Waals surface area (Å²) in [5.74, 6) is -4.54. The Morgan fingerprint density at radius 1 is 0.960 bits per heavy atom. The highest BCUT2D eigenvalue weighted by molar-refractivity contribution is 8.03. The number of amides is 3. The number of hydrogen-bond donors (Lipinski definition) is 6. The van der Waals surface area contributed by atoms with E-state index in [9.17, 15) is 28.8 Å². The number of nitrogens with two attached hydrogens (primary N) is 2. The number of hydrogen-bond acceptors (Lipinski definition) is 10. The van der Waals surface area contributed by atoms with Crippen LogP contribution >= 0.6 is 11.8 Å². The number of thioether (sulfide) groups is 1. The molecule has 10 N–H and O–H groups in total. The van der Waals surface area contributed by atoms with Gasteiger partial charge in [-0.05, 0) is 58.6 Å². The Morgan fingerprint density at radius 2 is 1.48 bits per heavy atom. The Hall–Kier alpha value is -3.73. The number of methoxy groups -OCH3 is 1. The van der Waals surface area contributed by atoms with Crippen LogP contribution in [-0.2, 0) is 39.9 Å². The largest absolute Gasteiger partial charge is 0.481 e. The fourth-order valence-corrected chi connectivity index (χ4v) is 8.11. The van der Waals surface area contributed by atoms with E-state index in [0.29, 0.717) is 6.54 Å². The molecule has 284 valence electrons. The first-order chi connectivity index (χ1) is 22.4. The first kappa shape index (κ1) is 46.3. The number of aliphatic carboxylic acids is 2. The summed E-state index contributed by atoms with van der Waals surface area (Å²) in [5, 5.41) is 23.6. The summed E-state index contributed by atoms with van der Waals surface area (Å²) in [5.41, 5.74) is 12.0. The van der Waals surface area contributed by atoms with Crippen LogP contribution in [0.1, 0.15) is 80.2 Å². The lowest BCUT2D eigenvalue weighted by Crippen LogP contribution is -2.72. The van der Waals surface area contributed by atoms with E-state index in [0.717, 1.165) is 12.0 Å². The van der Waals surface area contributed by atoms with E-state index < -0.39 is 66.2 Å². The second-order valence-electron chi connectivity index (χ2n) is 14.4. The van der Waals surface area contributed by atoms with Crippen LogP contribution in [0.3, 0.4) is 0 Å². The quantitative estimate of drug-likeness (QED) is 0.131. The molecule has 0 saturated carbocycles. The number of ether oxygens (including phenoxy) is 1. The average Bonchev–Trinajstić information content (AvgIpc) is 2.96. The molecule has 0 spiro atoms. The predicted octanol–water partition coefficient (Wildman–Crippen LogP) is 1.09. The molecule has 3 amide bonds. The zero-order valence-corrected chi connectivity index (χ0v) is 31.4. The van der Waals surface area contributed by atoms with Crippen molar-refractivity contribution in [3.8, 4) is 0 Å². The van der Waals surface area contributed by atoms with Gasteiger partial charge in [-0.1, -0.05) is 51.1 Å². The van der Waals surface area contributed by atoms with Gasteiger partial charge in [-0.15, -0.1) is 11.8 Å². The van der Waals surface area contributed by atoms with Crippen LogP contribution in [0.5, 0.6) is 0 Å². The SMILES string of the molecule is COC(=O)[C@H](Cc1ccccc1)NC(=O)[C@H](CC(=O)O)NCCC(C)(C)C.C[C@H](C(N)=O)N(C(=O)[C@@H](N)CC(=O)O)C1C(C)(C)SC1(C)C.O. The maximum absolute atomic E-state index is 12.7. The van der Waals surface area contributed by atoms with Gasteiger partial charge >= 0.3 is 17.9 Å². The van der Waals surface area contributed by atoms with Gasteiger partial charge in [-0.2, -0.15) is 0 Å². The van der Waals surface area contributed by atoms with Crippen molar-refractivity contribution in [1.82, 2.24) is 15.5 Å². The zero-order chi connectivity index (χ0) is 37.9. The lowest BCUT2D eigenvalue weighted by molar-refractivity contribution is -0.147. The number of carboxylic acids is 2. The molecule has 15 nitrogen and oxygen atoms in total. The van der Waals surface area contributed by atoms with E-state index in [1.165, 1.54) is 12.0 Å². The molecule has 1 aliphatic rings. The highest BCUT2D eigenvalue weighted by atomic mass is 32.2. The van der Waals surface area contributed by atoms with E-state index in [1.807, 2.05) is 58.0 Å². The molecule has 0 radical (unpaired) electrons. The monoisotopic (exact) mass is 727 g/mol. The number of nitrogens with zero attached hydrogens (tertiary/aromatic N) is 1. The van der Waals surface area contributed by atoms with E-state index >= 15 is 0 Å². The topological polar surface area (TPSA) is 263 Å². The maximum atomic E-state index is 12.7. The van der Waals surface area contributed by atoms with Crippen LogP contribution in [0.15, 0.2) is 30.3 Å². The third-order valence-corrected chi connectivity index (χ3v) is 9.46. The Balaban J connectivity index is 0.000000960. The van der Waals surface area contributed by atoms with Gasteiger partial charge in [0, 0.05) is 15.9 Å². The zero-order valence-electron chi connectivity index (χ0n) is 30.6. The minimum Gasteiger partial charge on any atom is -0.481 e. The van der Waals surface area contributed by atoms with Crippen molar-refractivity contribution in [3.63, 3.8) is 0 Å². The molecular weight excluding hydrogens is 670 g/mol. The van der Waals surface area contributed by atoms with Crippen LogP contribution in [0.4, 0.5) is 0 Å². The summed E-state index contributed by atoms with van der Waals surface area (Å²) < 4.78 is 4.24. The summed E-state index contributed by atoms with van der Waals surface area (Å²) in [6.07, 6.45) is 0.193. The minimum atomic E-state index is -1.20. The second kappa shape index (κ2) is 19.6. The molecule has 2 rings (SSSR count). The van der Waals surface area contributed by atoms with Gasteiger partial charge in [0.1, 0.15) is 12.1 Å². The number of nitrogens with one attached hydrogen (secondary N) is 2. The molecule has 0 aliphatic carbocycles. The second-order valence-corrected chi connectivity index (χ2v) is 16.7. The number of carbonyl (C=O) groups excluding carboxylic acids is 4. The lowest BCUT2D eigenvalue weighted by Gasteiger charge is -2.61. The van der Waals surface area contributed by atoms with Crippen molar-refractivity contribution in [3.05, 3.63) is 35.9 Å². The van der Waals surface area contributed by atoms with Crippen molar-refractivity contribution >= 4 is 47.4 Å². The average molecular weight is 728 g/mol. The third-order valence-electron chi connectivity index (χ3n) is 7.96. The highest BCUT2D eigenvalue weighted by Gasteiger charge is 2.59. The summed E-state index contributed by atoms with van der Waals surface area (Å²) >= 11 is 1.69. The fraction of sp³-hybridized carbons (Fsp3) is 0.647. The third kappa shape index (κ3) is 14.6. The van der Waals surface area contributed by atoms with Crippen LogP contribution in [-0.4, -0.2) is 110 Å². The number of carboxylic acid groups (broad SMARTS) is 2. The van der Waals surface area contributed by atoms with E-state index in [1.54, 1.807) is 18.7 Å². The van der Waals surface area contributed by atoms with Crippen molar-refractivity contribution in [2.45, 2.75) is 121 Å². The molecule has 1 aromatic carbocycles. The van der Waals surface area contributed by atoms with Gasteiger partial charge in [-0.25, -0.2) is 4.79 Å². The van der Waals surface area contributed by atoms with E-state index in [4.69, 9.17) is 26.4 Å². The molecule has 50 heavy (non-hydrogen) atoms. The van der Waals surface area contributed by atoms with E-state index in [-0.39, 0.29) is 39.3 Å². The van der Waals surface area contributed by atoms with Crippen LogP contribution in [0.2, 0.25) is 0 Å². The normalized spacial score (nSPS) is 17.1. The predicted molar refractivity (Wildman–Crippen MR) is 191 cm³/mol. The first-order valence-electron chi connectivity index (χ1n) is 16.1. The summed E-state index contributed by atoms with van der Waals surface area (Å²) in [6.45, 7) is 16.1. The number of esters is 1. The van der Waals surface area contributed by atoms with Crippen LogP contribution in [0, 0.1) is 5.41 Å². The lowest BCUT2D eigenvalue weighted by atomic mass is 9.86. The van der Waals surface area contributed by atoms with Crippen LogP contribution in [0.25, 0.3) is 0 Å². The summed E-state index contributed by atoms with van der Waals surface area (Å²) in [7, 11) is 1.25. The van der Waals surface area contributed by atoms with Gasteiger partial charge in [0.15, 0.2) is 0 Å². The molecule has 0 aromatic heterocycles. The molecule has 1 heterocycles. The highest BCUT2D eigenvalue weighted by Crippen LogP contribution is 2.57. The smallest absolute Gasteiger partial charge is 0.328 e.